The summed E-state index contributed by atoms with van der Waals surface area (Å²) >= 11 is 0. The Balaban J connectivity index is 1.69. The first-order valence-electron chi connectivity index (χ1n) is 8.52. The smallest absolute Gasteiger partial charge is 0.296 e. The number of aromatic hydroxyl groups is 1. The van der Waals surface area contributed by atoms with Gasteiger partial charge in [0.15, 0.2) is 5.69 Å². The first-order valence-corrected chi connectivity index (χ1v) is 8.52. The number of halogens is 1. The lowest BCUT2D eigenvalue weighted by Gasteiger charge is -2.13. The van der Waals surface area contributed by atoms with Crippen LogP contribution in [0, 0.1) is 11.7 Å². The third kappa shape index (κ3) is 4.66. The van der Waals surface area contributed by atoms with E-state index in [9.17, 15) is 19.1 Å². The first kappa shape index (κ1) is 18.5. The maximum absolute atomic E-state index is 12.9. The van der Waals surface area contributed by atoms with Crippen molar-refractivity contribution in [3.8, 4) is 5.75 Å². The second-order valence-corrected chi connectivity index (χ2v) is 6.20. The number of aliphatic imine (C=N–C) groups is 1. The van der Waals surface area contributed by atoms with E-state index in [2.05, 4.69) is 15.3 Å². The third-order valence-corrected chi connectivity index (χ3v) is 4.23. The van der Waals surface area contributed by atoms with Gasteiger partial charge >= 0.3 is 0 Å². The molecule has 3 rings (SSSR count). The predicted molar refractivity (Wildman–Crippen MR) is 98.3 cm³/mol. The maximum Gasteiger partial charge on any atom is 0.296 e. The molecule has 0 fully saturated rings. The molecule has 27 heavy (non-hydrogen) atoms. The van der Waals surface area contributed by atoms with Gasteiger partial charge in [-0.3, -0.25) is 19.1 Å². The number of benzene rings is 1. The molecular formula is C19H19FN4O3. The number of nitrogens with one attached hydrogen (secondary N) is 1. The molecule has 1 aromatic heterocycles. The summed E-state index contributed by atoms with van der Waals surface area (Å²) in [5.41, 5.74) is -0.325. The monoisotopic (exact) mass is 370 g/mol. The van der Waals surface area contributed by atoms with Gasteiger partial charge in [0, 0.05) is 25.8 Å². The predicted octanol–water partition coefficient (Wildman–Crippen LogP) is 1.66. The van der Waals surface area contributed by atoms with Crippen LogP contribution in [0.25, 0.3) is 0 Å². The highest BCUT2D eigenvalue weighted by Gasteiger charge is 2.18. The number of hydrogen-bond acceptors (Lipinski definition) is 5. The normalized spacial score (nSPS) is 16.1. The fourth-order valence-electron chi connectivity index (χ4n) is 2.73. The summed E-state index contributed by atoms with van der Waals surface area (Å²) in [7, 11) is 0. The van der Waals surface area contributed by atoms with Gasteiger partial charge in [0.2, 0.25) is 5.75 Å². The molecule has 8 heteroatoms. The molecular weight excluding hydrogens is 351 g/mol. The molecule has 1 aromatic carbocycles. The van der Waals surface area contributed by atoms with Crippen molar-refractivity contribution < 1.29 is 14.3 Å². The average molecular weight is 370 g/mol. The Bertz CT molecular complexity index is 935. The minimum atomic E-state index is -0.692. The number of carbonyl (C=O) groups excluding carboxylic acids is 1. The highest BCUT2D eigenvalue weighted by Crippen LogP contribution is 2.13. The Morgan fingerprint density at radius 1 is 1.33 bits per heavy atom. The SMILES string of the molecule is O=C(NCc1ccc(F)cc1)c1ncn(CC2C=CC=NCC2)c(=O)c1O. The van der Waals surface area contributed by atoms with Crippen LogP contribution < -0.4 is 10.9 Å². The minimum Gasteiger partial charge on any atom is -0.501 e. The minimum absolute atomic E-state index is 0.0875. The summed E-state index contributed by atoms with van der Waals surface area (Å²) in [5, 5.41) is 12.7. The molecule has 2 aromatic rings. The van der Waals surface area contributed by atoms with Crippen LogP contribution in [-0.2, 0) is 13.1 Å². The van der Waals surface area contributed by atoms with Crippen molar-refractivity contribution in [3.05, 3.63) is 70.2 Å². The summed E-state index contributed by atoms with van der Waals surface area (Å²) in [6, 6.07) is 5.63. The van der Waals surface area contributed by atoms with Crippen LogP contribution >= 0.6 is 0 Å². The number of amides is 1. The van der Waals surface area contributed by atoms with Crippen molar-refractivity contribution in [1.29, 1.82) is 0 Å². The Hall–Kier alpha value is -3.29. The highest BCUT2D eigenvalue weighted by molar-refractivity contribution is 5.94. The molecule has 7 nitrogen and oxygen atoms in total. The number of carbonyl (C=O) groups is 1. The van der Waals surface area contributed by atoms with E-state index < -0.39 is 17.2 Å². The van der Waals surface area contributed by atoms with Crippen molar-refractivity contribution in [2.24, 2.45) is 10.9 Å². The molecule has 2 heterocycles. The number of nitrogens with zero attached hydrogens (tertiary/aromatic N) is 3. The standard InChI is InChI=1S/C19H19FN4O3/c20-15-5-3-13(4-6-15)10-22-18(26)16-17(25)19(27)24(12-23-16)11-14-2-1-8-21-9-7-14/h1-6,8,12,14,25H,7,9-11H2,(H,22,26). The van der Waals surface area contributed by atoms with Crippen molar-refractivity contribution in [1.82, 2.24) is 14.9 Å². The fourth-order valence-corrected chi connectivity index (χ4v) is 2.73. The zero-order valence-electron chi connectivity index (χ0n) is 14.5. The Labute approximate surface area is 154 Å². The van der Waals surface area contributed by atoms with Crippen molar-refractivity contribution >= 4 is 12.1 Å². The Morgan fingerprint density at radius 2 is 2.11 bits per heavy atom. The van der Waals surface area contributed by atoms with Crippen LogP contribution in [0.1, 0.15) is 22.5 Å². The van der Waals surface area contributed by atoms with E-state index in [0.717, 1.165) is 6.42 Å². The lowest BCUT2D eigenvalue weighted by Crippen LogP contribution is -2.30. The number of hydrogen-bond donors (Lipinski definition) is 2. The highest BCUT2D eigenvalue weighted by atomic mass is 19.1. The van der Waals surface area contributed by atoms with Crippen molar-refractivity contribution in [2.75, 3.05) is 6.54 Å². The molecule has 1 aliphatic heterocycles. The maximum atomic E-state index is 12.9. The summed E-state index contributed by atoms with van der Waals surface area (Å²) in [5.74, 6) is -1.65. The number of allylic oxidation sites excluding steroid dienone is 2. The second-order valence-electron chi connectivity index (χ2n) is 6.20. The van der Waals surface area contributed by atoms with Gasteiger partial charge in [0.05, 0.1) is 6.33 Å². The summed E-state index contributed by atoms with van der Waals surface area (Å²) in [4.78, 5) is 32.7. The van der Waals surface area contributed by atoms with Gasteiger partial charge in [-0.15, -0.1) is 0 Å². The Kier molecular flexibility index (Phi) is 5.75. The zero-order chi connectivity index (χ0) is 19.2. The van der Waals surface area contributed by atoms with Crippen molar-refractivity contribution in [3.63, 3.8) is 0 Å². The summed E-state index contributed by atoms with van der Waals surface area (Å²) in [6.07, 6.45) is 7.53. The zero-order valence-corrected chi connectivity index (χ0v) is 14.5. The topological polar surface area (TPSA) is 96.6 Å². The lowest BCUT2D eigenvalue weighted by atomic mass is 10.1. The van der Waals surface area contributed by atoms with Crippen LogP contribution in [0.2, 0.25) is 0 Å². The third-order valence-electron chi connectivity index (χ3n) is 4.23. The van der Waals surface area contributed by atoms with E-state index in [4.69, 9.17) is 0 Å². The molecule has 0 radical (unpaired) electrons. The van der Waals surface area contributed by atoms with Gasteiger partial charge in [-0.25, -0.2) is 9.37 Å². The van der Waals surface area contributed by atoms with Crippen molar-refractivity contribution in [2.45, 2.75) is 19.5 Å². The van der Waals surface area contributed by atoms with E-state index in [1.807, 2.05) is 12.2 Å². The number of aromatic nitrogens is 2. The summed E-state index contributed by atoms with van der Waals surface area (Å²) in [6.45, 7) is 1.13. The lowest BCUT2D eigenvalue weighted by molar-refractivity contribution is 0.0942. The van der Waals surface area contributed by atoms with Gasteiger partial charge in [0.25, 0.3) is 11.5 Å². The second kappa shape index (κ2) is 8.39. The van der Waals surface area contributed by atoms with Crippen LogP contribution in [0.5, 0.6) is 5.75 Å². The molecule has 2 N–H and O–H groups in total. The molecule has 1 aliphatic rings. The van der Waals surface area contributed by atoms with Crippen LogP contribution in [-0.4, -0.2) is 33.3 Å². The van der Waals surface area contributed by atoms with Crippen LogP contribution in [0.4, 0.5) is 4.39 Å². The number of rotatable bonds is 5. The van der Waals surface area contributed by atoms with Gasteiger partial charge in [-0.05, 0) is 36.1 Å². The van der Waals surface area contributed by atoms with Crippen LogP contribution in [0.3, 0.4) is 0 Å². The molecule has 0 aliphatic carbocycles. The molecule has 1 unspecified atom stereocenters. The van der Waals surface area contributed by atoms with Gasteiger partial charge in [-0.1, -0.05) is 18.2 Å². The van der Waals surface area contributed by atoms with Gasteiger partial charge < -0.3 is 10.4 Å². The molecule has 140 valence electrons. The fraction of sp³-hybridized carbons (Fsp3) is 0.263. The van der Waals surface area contributed by atoms with E-state index in [0.29, 0.717) is 18.7 Å². The van der Waals surface area contributed by atoms with Crippen LogP contribution in [0.15, 0.2) is 52.5 Å². The largest absolute Gasteiger partial charge is 0.501 e. The van der Waals surface area contributed by atoms with Gasteiger partial charge in [0.1, 0.15) is 5.82 Å². The molecule has 1 atom stereocenters. The molecule has 0 saturated carbocycles. The van der Waals surface area contributed by atoms with E-state index in [1.165, 1.54) is 35.2 Å². The average Bonchev–Trinajstić information content (AvgIpc) is 2.93. The molecule has 1 amide bonds. The van der Waals surface area contributed by atoms with Gasteiger partial charge in [-0.2, -0.15) is 0 Å². The Morgan fingerprint density at radius 3 is 2.89 bits per heavy atom. The van der Waals surface area contributed by atoms with E-state index >= 15 is 0 Å². The molecule has 0 bridgehead atoms. The molecule has 0 spiro atoms. The van der Waals surface area contributed by atoms with E-state index in [-0.39, 0.29) is 24.0 Å². The van der Waals surface area contributed by atoms with E-state index in [1.54, 1.807) is 6.21 Å². The summed E-state index contributed by atoms with van der Waals surface area (Å²) < 4.78 is 14.2. The quantitative estimate of drug-likeness (QED) is 0.837. The molecule has 0 saturated heterocycles. The first-order chi connectivity index (χ1) is 13.0.